The van der Waals surface area contributed by atoms with Gasteiger partial charge in [-0.1, -0.05) is 12.1 Å². The lowest BCUT2D eigenvalue weighted by molar-refractivity contribution is -0.188. The van der Waals surface area contributed by atoms with Gasteiger partial charge >= 0.3 is 18.1 Å². The maximum Gasteiger partial charge on any atom is 0.471 e. The molecule has 1 fully saturated rings. The second-order valence-corrected chi connectivity index (χ2v) is 5.68. The molecule has 1 heterocycles. The molecule has 4 nitrogen and oxygen atoms in total. The summed E-state index contributed by atoms with van der Waals surface area (Å²) >= 11 is 0. The number of carboxylic acids is 1. The van der Waals surface area contributed by atoms with E-state index < -0.39 is 29.3 Å². The van der Waals surface area contributed by atoms with Gasteiger partial charge in [0, 0.05) is 13.1 Å². The summed E-state index contributed by atoms with van der Waals surface area (Å²) in [6, 6.07) is 5.45. The van der Waals surface area contributed by atoms with Gasteiger partial charge in [-0.3, -0.25) is 9.59 Å². The fraction of sp³-hybridized carbons (Fsp3) is 0.467. The van der Waals surface area contributed by atoms with E-state index in [4.69, 9.17) is 0 Å². The van der Waals surface area contributed by atoms with Gasteiger partial charge in [0.2, 0.25) is 0 Å². The Bertz CT molecular complexity index is 607. The van der Waals surface area contributed by atoms with Gasteiger partial charge in [-0.05, 0) is 37.0 Å². The highest BCUT2D eigenvalue weighted by molar-refractivity contribution is 5.82. The zero-order valence-electron chi connectivity index (χ0n) is 12.1. The molecule has 0 unspecified atom stereocenters. The van der Waals surface area contributed by atoms with Crippen molar-refractivity contribution in [3.05, 3.63) is 35.6 Å². The van der Waals surface area contributed by atoms with E-state index in [2.05, 4.69) is 0 Å². The average Bonchev–Trinajstić information content (AvgIpc) is 2.46. The number of hydrogen-bond donors (Lipinski definition) is 1. The van der Waals surface area contributed by atoms with Crippen molar-refractivity contribution in [3.8, 4) is 0 Å². The van der Waals surface area contributed by atoms with Crippen LogP contribution in [0.3, 0.4) is 0 Å². The van der Waals surface area contributed by atoms with Gasteiger partial charge in [0.05, 0.1) is 5.41 Å². The van der Waals surface area contributed by atoms with Crippen molar-refractivity contribution < 1.29 is 32.3 Å². The number of nitrogens with zero attached hydrogens (tertiary/aromatic N) is 1. The lowest BCUT2D eigenvalue weighted by atomic mass is 9.74. The fourth-order valence-corrected chi connectivity index (χ4v) is 2.82. The van der Waals surface area contributed by atoms with E-state index in [-0.39, 0.29) is 32.4 Å². The molecule has 1 aliphatic rings. The number of amides is 1. The van der Waals surface area contributed by atoms with Crippen molar-refractivity contribution in [2.45, 2.75) is 25.4 Å². The Hall–Kier alpha value is -2.12. The van der Waals surface area contributed by atoms with Gasteiger partial charge in [-0.2, -0.15) is 13.2 Å². The molecule has 1 N–H and O–H groups in total. The Kier molecular flexibility index (Phi) is 4.63. The van der Waals surface area contributed by atoms with E-state index in [1.165, 1.54) is 18.2 Å². The van der Waals surface area contributed by atoms with E-state index >= 15 is 0 Å². The first-order chi connectivity index (χ1) is 10.6. The van der Waals surface area contributed by atoms with Crippen LogP contribution in [0.1, 0.15) is 18.4 Å². The summed E-state index contributed by atoms with van der Waals surface area (Å²) < 4.78 is 50.5. The predicted octanol–water partition coefficient (Wildman–Crippen LogP) is 2.62. The van der Waals surface area contributed by atoms with E-state index in [0.29, 0.717) is 10.5 Å². The van der Waals surface area contributed by atoms with Crippen molar-refractivity contribution in [2.75, 3.05) is 13.1 Å². The molecule has 2 rings (SSSR count). The third-order valence-electron chi connectivity index (χ3n) is 4.14. The van der Waals surface area contributed by atoms with Crippen LogP contribution in [-0.4, -0.2) is 41.1 Å². The molecule has 0 aliphatic carbocycles. The maximum atomic E-state index is 13.2. The molecule has 1 saturated heterocycles. The summed E-state index contributed by atoms with van der Waals surface area (Å²) in [6.45, 7) is -0.583. The summed E-state index contributed by atoms with van der Waals surface area (Å²) in [6.07, 6.45) is -5.18. The van der Waals surface area contributed by atoms with E-state index in [1.54, 1.807) is 6.07 Å². The first kappa shape index (κ1) is 17.2. The fourth-order valence-electron chi connectivity index (χ4n) is 2.82. The number of hydrogen-bond acceptors (Lipinski definition) is 2. The smallest absolute Gasteiger partial charge is 0.471 e. The number of rotatable bonds is 3. The van der Waals surface area contributed by atoms with Crippen molar-refractivity contribution in [3.63, 3.8) is 0 Å². The zero-order chi connectivity index (χ0) is 17.3. The topological polar surface area (TPSA) is 57.6 Å². The summed E-state index contributed by atoms with van der Waals surface area (Å²) in [7, 11) is 0. The van der Waals surface area contributed by atoms with Crippen molar-refractivity contribution >= 4 is 11.9 Å². The molecule has 0 spiro atoms. The first-order valence-corrected chi connectivity index (χ1v) is 6.98. The second-order valence-electron chi connectivity index (χ2n) is 5.68. The SMILES string of the molecule is O=C(N1CCC(Cc2cccc(F)c2)(C(=O)O)CC1)C(F)(F)F. The summed E-state index contributed by atoms with van der Waals surface area (Å²) in [5, 5.41) is 9.48. The molecule has 8 heteroatoms. The van der Waals surface area contributed by atoms with Gasteiger partial charge in [0.1, 0.15) is 5.82 Å². The Morgan fingerprint density at radius 1 is 1.22 bits per heavy atom. The highest BCUT2D eigenvalue weighted by Crippen LogP contribution is 2.36. The highest BCUT2D eigenvalue weighted by atomic mass is 19.4. The predicted molar refractivity (Wildman–Crippen MR) is 72.0 cm³/mol. The van der Waals surface area contributed by atoms with Crippen LogP contribution < -0.4 is 0 Å². The van der Waals surface area contributed by atoms with Crippen molar-refractivity contribution in [1.82, 2.24) is 4.90 Å². The first-order valence-electron chi connectivity index (χ1n) is 6.98. The van der Waals surface area contributed by atoms with Gasteiger partial charge in [-0.15, -0.1) is 0 Å². The maximum absolute atomic E-state index is 13.2. The number of alkyl halides is 3. The largest absolute Gasteiger partial charge is 0.481 e. The van der Waals surface area contributed by atoms with Gasteiger partial charge in [-0.25, -0.2) is 4.39 Å². The zero-order valence-corrected chi connectivity index (χ0v) is 12.1. The number of likely N-dealkylation sites (tertiary alicyclic amines) is 1. The monoisotopic (exact) mass is 333 g/mol. The number of carboxylic acid groups (broad SMARTS) is 1. The Morgan fingerprint density at radius 2 is 1.83 bits per heavy atom. The third-order valence-corrected chi connectivity index (χ3v) is 4.14. The summed E-state index contributed by atoms with van der Waals surface area (Å²) in [5.41, 5.74) is -0.834. The minimum atomic E-state index is -4.97. The minimum Gasteiger partial charge on any atom is -0.481 e. The van der Waals surface area contributed by atoms with E-state index in [0.717, 1.165) is 0 Å². The van der Waals surface area contributed by atoms with E-state index in [1.807, 2.05) is 0 Å². The molecule has 1 aliphatic heterocycles. The van der Waals surface area contributed by atoms with Crippen LogP contribution in [0, 0.1) is 11.2 Å². The number of carbonyl (C=O) groups is 2. The minimum absolute atomic E-state index is 0.00808. The molecule has 1 amide bonds. The molecular weight excluding hydrogens is 318 g/mol. The molecule has 23 heavy (non-hydrogen) atoms. The molecule has 0 atom stereocenters. The van der Waals surface area contributed by atoms with Crippen molar-refractivity contribution in [2.24, 2.45) is 5.41 Å². The Morgan fingerprint density at radius 3 is 2.30 bits per heavy atom. The molecule has 1 aromatic carbocycles. The standard InChI is InChI=1S/C15H15F4NO3/c16-11-3-1-2-10(8-11)9-14(13(22)23)4-6-20(7-5-14)12(21)15(17,18)19/h1-3,8H,4-7,9H2,(H,22,23). The van der Waals surface area contributed by atoms with E-state index in [9.17, 15) is 32.3 Å². The lowest BCUT2D eigenvalue weighted by Gasteiger charge is -2.39. The quantitative estimate of drug-likeness (QED) is 0.865. The molecule has 0 bridgehead atoms. The number of piperidine rings is 1. The normalized spacial score (nSPS) is 17.8. The third kappa shape index (κ3) is 3.80. The molecule has 0 radical (unpaired) electrons. The van der Waals surface area contributed by atoms with Crippen LogP contribution >= 0.6 is 0 Å². The number of benzene rings is 1. The molecular formula is C15H15F4NO3. The molecule has 0 saturated carbocycles. The van der Waals surface area contributed by atoms with Crippen LogP contribution in [0.2, 0.25) is 0 Å². The van der Waals surface area contributed by atoms with Crippen LogP contribution in [0.25, 0.3) is 0 Å². The summed E-state index contributed by atoms with van der Waals surface area (Å²) in [4.78, 5) is 23.4. The van der Waals surface area contributed by atoms with Crippen LogP contribution in [0.15, 0.2) is 24.3 Å². The number of halogens is 4. The molecule has 1 aromatic rings. The number of carbonyl (C=O) groups excluding carboxylic acids is 1. The summed E-state index contributed by atoms with van der Waals surface area (Å²) in [5.74, 6) is -3.61. The van der Waals surface area contributed by atoms with Crippen molar-refractivity contribution in [1.29, 1.82) is 0 Å². The Balaban J connectivity index is 2.13. The van der Waals surface area contributed by atoms with Gasteiger partial charge in [0.25, 0.3) is 0 Å². The van der Waals surface area contributed by atoms with Gasteiger partial charge < -0.3 is 10.0 Å². The molecule has 126 valence electrons. The lowest BCUT2D eigenvalue weighted by Crippen LogP contribution is -2.50. The van der Waals surface area contributed by atoms with Crippen LogP contribution in [0.5, 0.6) is 0 Å². The average molecular weight is 333 g/mol. The molecule has 0 aromatic heterocycles. The van der Waals surface area contributed by atoms with Gasteiger partial charge in [0.15, 0.2) is 0 Å². The van der Waals surface area contributed by atoms with Crippen LogP contribution in [-0.2, 0) is 16.0 Å². The van der Waals surface area contributed by atoms with Crippen LogP contribution in [0.4, 0.5) is 17.6 Å². The number of aliphatic carboxylic acids is 1. The second kappa shape index (κ2) is 6.17. The Labute approximate surface area is 129 Å². The highest BCUT2D eigenvalue weighted by Gasteiger charge is 2.48.